The van der Waals surface area contributed by atoms with Gasteiger partial charge in [-0.15, -0.1) is 0 Å². The average Bonchev–Trinajstić information content (AvgIpc) is 2.18. The normalized spacial score (nSPS) is 19.7. The van der Waals surface area contributed by atoms with Crippen LogP contribution in [-0.4, -0.2) is 12.5 Å². The fourth-order valence-electron chi connectivity index (χ4n) is 1.70. The molecular formula is C10H10Cl2N2O. The van der Waals surface area contributed by atoms with Crippen molar-refractivity contribution in [3.63, 3.8) is 0 Å². The lowest BCUT2D eigenvalue weighted by Gasteiger charge is -2.24. The van der Waals surface area contributed by atoms with Crippen LogP contribution in [0.4, 0.5) is 5.69 Å². The smallest absolute Gasteiger partial charge is 0.229 e. The van der Waals surface area contributed by atoms with E-state index < -0.39 is 0 Å². The summed E-state index contributed by atoms with van der Waals surface area (Å²) >= 11 is 11.9. The molecule has 1 amide bonds. The van der Waals surface area contributed by atoms with Crippen LogP contribution in [0, 0.1) is 5.92 Å². The number of carbonyl (C=O) groups excluding carboxylic acids is 1. The van der Waals surface area contributed by atoms with Gasteiger partial charge < -0.3 is 11.1 Å². The first kappa shape index (κ1) is 10.7. The maximum absolute atomic E-state index is 11.5. The second-order valence-corrected chi connectivity index (χ2v) is 4.39. The molecule has 0 aromatic heterocycles. The molecule has 0 radical (unpaired) electrons. The number of carbonyl (C=O) groups is 1. The first-order valence-electron chi connectivity index (χ1n) is 4.60. The van der Waals surface area contributed by atoms with Crippen molar-refractivity contribution < 1.29 is 4.79 Å². The molecule has 3 nitrogen and oxygen atoms in total. The SMILES string of the molecule is NCC1Cc2cc(Cl)cc(Cl)c2NC1=O. The highest BCUT2D eigenvalue weighted by molar-refractivity contribution is 6.37. The monoisotopic (exact) mass is 244 g/mol. The molecule has 0 aliphatic carbocycles. The number of benzene rings is 1. The lowest BCUT2D eigenvalue weighted by molar-refractivity contribution is -0.119. The van der Waals surface area contributed by atoms with E-state index in [1.807, 2.05) is 6.07 Å². The van der Waals surface area contributed by atoms with Crippen LogP contribution in [0.15, 0.2) is 12.1 Å². The van der Waals surface area contributed by atoms with Crippen LogP contribution in [0.3, 0.4) is 0 Å². The summed E-state index contributed by atoms with van der Waals surface area (Å²) in [7, 11) is 0. The lowest BCUT2D eigenvalue weighted by Crippen LogP contribution is -2.35. The Labute approximate surface area is 97.5 Å². The molecule has 1 aromatic rings. The van der Waals surface area contributed by atoms with Crippen molar-refractivity contribution >= 4 is 34.8 Å². The largest absolute Gasteiger partial charge is 0.330 e. The van der Waals surface area contributed by atoms with E-state index in [1.54, 1.807) is 6.07 Å². The Kier molecular flexibility index (Phi) is 2.87. The fourth-order valence-corrected chi connectivity index (χ4v) is 2.28. The predicted octanol–water partition coefficient (Wildman–Crippen LogP) is 2.06. The highest BCUT2D eigenvalue weighted by Gasteiger charge is 2.26. The van der Waals surface area contributed by atoms with E-state index in [0.717, 1.165) is 5.56 Å². The minimum absolute atomic E-state index is 0.0748. The zero-order chi connectivity index (χ0) is 11.0. The Morgan fingerprint density at radius 2 is 2.20 bits per heavy atom. The topological polar surface area (TPSA) is 55.1 Å². The van der Waals surface area contributed by atoms with Gasteiger partial charge in [-0.25, -0.2) is 0 Å². The summed E-state index contributed by atoms with van der Waals surface area (Å²) in [5.41, 5.74) is 7.11. The van der Waals surface area contributed by atoms with Crippen molar-refractivity contribution in [2.75, 3.05) is 11.9 Å². The third kappa shape index (κ3) is 1.95. The van der Waals surface area contributed by atoms with Crippen LogP contribution in [0.5, 0.6) is 0 Å². The van der Waals surface area contributed by atoms with Gasteiger partial charge in [-0.1, -0.05) is 23.2 Å². The number of halogens is 2. The summed E-state index contributed by atoms with van der Waals surface area (Å²) in [6.07, 6.45) is 0.595. The molecule has 0 saturated carbocycles. The van der Waals surface area contributed by atoms with Crippen LogP contribution in [0.1, 0.15) is 5.56 Å². The standard InChI is InChI=1S/C10H10Cl2N2O/c11-7-2-5-1-6(4-13)10(15)14-9(5)8(12)3-7/h2-3,6H,1,4,13H2,(H,14,15). The number of nitrogens with two attached hydrogens (primary N) is 1. The molecule has 0 spiro atoms. The molecule has 1 heterocycles. The molecular weight excluding hydrogens is 235 g/mol. The molecule has 1 unspecified atom stereocenters. The maximum atomic E-state index is 11.5. The second kappa shape index (κ2) is 4.00. The minimum atomic E-state index is -0.188. The van der Waals surface area contributed by atoms with Gasteiger partial charge in [0.05, 0.1) is 16.6 Å². The molecule has 1 aliphatic rings. The number of nitrogens with one attached hydrogen (secondary N) is 1. The number of fused-ring (bicyclic) bond motifs is 1. The van der Waals surface area contributed by atoms with Gasteiger partial charge in [0.25, 0.3) is 0 Å². The average molecular weight is 245 g/mol. The molecule has 80 valence electrons. The highest BCUT2D eigenvalue weighted by Crippen LogP contribution is 2.34. The number of anilines is 1. The summed E-state index contributed by atoms with van der Waals surface area (Å²) in [6, 6.07) is 3.43. The van der Waals surface area contributed by atoms with Crippen LogP contribution >= 0.6 is 23.2 Å². The molecule has 5 heteroatoms. The third-order valence-electron chi connectivity index (χ3n) is 2.51. The van der Waals surface area contributed by atoms with Gasteiger partial charge in [-0.05, 0) is 24.1 Å². The van der Waals surface area contributed by atoms with Gasteiger partial charge in [0.15, 0.2) is 0 Å². The number of hydrogen-bond donors (Lipinski definition) is 2. The first-order chi connectivity index (χ1) is 7.11. The summed E-state index contributed by atoms with van der Waals surface area (Å²) in [4.78, 5) is 11.5. The van der Waals surface area contributed by atoms with E-state index in [0.29, 0.717) is 28.7 Å². The number of hydrogen-bond acceptors (Lipinski definition) is 2. The fraction of sp³-hybridized carbons (Fsp3) is 0.300. The van der Waals surface area contributed by atoms with Crippen LogP contribution in [0.2, 0.25) is 10.0 Å². The van der Waals surface area contributed by atoms with Crippen molar-refractivity contribution in [2.24, 2.45) is 11.7 Å². The Hall–Kier alpha value is -0.770. The van der Waals surface area contributed by atoms with E-state index in [4.69, 9.17) is 28.9 Å². The third-order valence-corrected chi connectivity index (χ3v) is 3.02. The van der Waals surface area contributed by atoms with Crippen LogP contribution in [0.25, 0.3) is 0 Å². The second-order valence-electron chi connectivity index (χ2n) is 3.55. The molecule has 0 saturated heterocycles. The molecule has 1 aromatic carbocycles. The molecule has 0 fully saturated rings. The van der Waals surface area contributed by atoms with E-state index >= 15 is 0 Å². The summed E-state index contributed by atoms with van der Waals surface area (Å²) in [6.45, 7) is 0.329. The summed E-state index contributed by atoms with van der Waals surface area (Å²) in [5, 5.41) is 3.80. The van der Waals surface area contributed by atoms with Gasteiger partial charge in [0, 0.05) is 11.6 Å². The maximum Gasteiger partial charge on any atom is 0.229 e. The van der Waals surface area contributed by atoms with Crippen LogP contribution in [-0.2, 0) is 11.2 Å². The van der Waals surface area contributed by atoms with E-state index in [9.17, 15) is 4.79 Å². The van der Waals surface area contributed by atoms with Crippen LogP contribution < -0.4 is 11.1 Å². The lowest BCUT2D eigenvalue weighted by atomic mass is 9.93. The Bertz CT molecular complexity index is 420. The number of rotatable bonds is 1. The molecule has 3 N–H and O–H groups in total. The Balaban J connectivity index is 2.45. The Morgan fingerprint density at radius 3 is 2.87 bits per heavy atom. The van der Waals surface area contributed by atoms with Crippen molar-refractivity contribution in [3.05, 3.63) is 27.7 Å². The Morgan fingerprint density at radius 1 is 1.47 bits per heavy atom. The van der Waals surface area contributed by atoms with Gasteiger partial charge in [-0.2, -0.15) is 0 Å². The summed E-state index contributed by atoms with van der Waals surface area (Å²) in [5.74, 6) is -0.263. The zero-order valence-corrected chi connectivity index (χ0v) is 9.40. The minimum Gasteiger partial charge on any atom is -0.330 e. The van der Waals surface area contributed by atoms with Gasteiger partial charge in [-0.3, -0.25) is 4.79 Å². The van der Waals surface area contributed by atoms with Gasteiger partial charge in [0.1, 0.15) is 0 Å². The van der Waals surface area contributed by atoms with Crippen molar-refractivity contribution in [2.45, 2.75) is 6.42 Å². The molecule has 1 aliphatic heterocycles. The van der Waals surface area contributed by atoms with Crippen molar-refractivity contribution in [1.29, 1.82) is 0 Å². The molecule has 1 atom stereocenters. The predicted molar refractivity (Wildman–Crippen MR) is 61.3 cm³/mol. The van der Waals surface area contributed by atoms with Crippen molar-refractivity contribution in [1.82, 2.24) is 0 Å². The molecule has 2 rings (SSSR count). The molecule has 0 bridgehead atoms. The summed E-state index contributed by atoms with van der Waals surface area (Å²) < 4.78 is 0. The van der Waals surface area contributed by atoms with E-state index in [1.165, 1.54) is 0 Å². The van der Waals surface area contributed by atoms with Gasteiger partial charge >= 0.3 is 0 Å². The first-order valence-corrected chi connectivity index (χ1v) is 5.36. The molecule has 15 heavy (non-hydrogen) atoms. The quantitative estimate of drug-likeness (QED) is 0.795. The number of amides is 1. The van der Waals surface area contributed by atoms with E-state index in [-0.39, 0.29) is 11.8 Å². The van der Waals surface area contributed by atoms with Gasteiger partial charge in [0.2, 0.25) is 5.91 Å². The zero-order valence-electron chi connectivity index (χ0n) is 7.89. The van der Waals surface area contributed by atoms with E-state index in [2.05, 4.69) is 5.32 Å². The highest BCUT2D eigenvalue weighted by atomic mass is 35.5. The van der Waals surface area contributed by atoms with Crippen molar-refractivity contribution in [3.8, 4) is 0 Å².